The van der Waals surface area contributed by atoms with Gasteiger partial charge >= 0.3 is 0 Å². The predicted molar refractivity (Wildman–Crippen MR) is 79.7 cm³/mol. The molecular formula is C14H22N2O5. The van der Waals surface area contributed by atoms with Crippen LogP contribution < -0.4 is 4.90 Å². The third kappa shape index (κ3) is 4.96. The van der Waals surface area contributed by atoms with E-state index in [1.54, 1.807) is 33.3 Å². The number of nitrogens with zero attached hydrogens (tertiary/aromatic N) is 2. The third-order valence-corrected chi connectivity index (χ3v) is 3.15. The monoisotopic (exact) mass is 298 g/mol. The average molecular weight is 298 g/mol. The smallest absolute Gasteiger partial charge is 0.292 e. The number of hydrogen-bond acceptors (Lipinski definition) is 6. The highest BCUT2D eigenvalue weighted by Gasteiger charge is 2.21. The average Bonchev–Trinajstić information content (AvgIpc) is 2.46. The molecule has 118 valence electrons. The van der Waals surface area contributed by atoms with Gasteiger partial charge < -0.3 is 19.5 Å². The van der Waals surface area contributed by atoms with Gasteiger partial charge in [0, 0.05) is 33.4 Å². The molecule has 0 spiro atoms. The van der Waals surface area contributed by atoms with E-state index in [9.17, 15) is 15.2 Å². The Kier molecular flexibility index (Phi) is 7.07. The van der Waals surface area contributed by atoms with E-state index in [0.717, 1.165) is 0 Å². The minimum absolute atomic E-state index is 0.0272. The lowest BCUT2D eigenvalue weighted by Gasteiger charge is -2.24. The second-order valence-corrected chi connectivity index (χ2v) is 4.65. The molecule has 0 radical (unpaired) electrons. The summed E-state index contributed by atoms with van der Waals surface area (Å²) in [5.74, 6) is 0. The summed E-state index contributed by atoms with van der Waals surface area (Å²) in [4.78, 5) is 12.7. The van der Waals surface area contributed by atoms with Gasteiger partial charge in [0.15, 0.2) is 0 Å². The van der Waals surface area contributed by atoms with Crippen LogP contribution in [0.25, 0.3) is 0 Å². The second-order valence-electron chi connectivity index (χ2n) is 4.65. The maximum Gasteiger partial charge on any atom is 0.292 e. The Labute approximate surface area is 124 Å². The molecule has 0 amide bonds. The van der Waals surface area contributed by atoms with Crippen LogP contribution in [0, 0.1) is 10.1 Å². The molecular weight excluding hydrogens is 276 g/mol. The van der Waals surface area contributed by atoms with Crippen molar-refractivity contribution in [3.63, 3.8) is 0 Å². The maximum atomic E-state index is 11.3. The standard InChI is InChI=1S/C14H22N2O5/c1-11(17)12-4-5-13(14(10-12)16(18)19)15(6-8-20-2)7-9-21-3/h4-5,10-11,17H,6-9H2,1-3H3/t11-/m0/s1. The first-order chi connectivity index (χ1) is 10.0. The summed E-state index contributed by atoms with van der Waals surface area (Å²) in [6.07, 6.45) is -0.746. The lowest BCUT2D eigenvalue weighted by Crippen LogP contribution is -2.31. The van der Waals surface area contributed by atoms with Crippen molar-refractivity contribution in [2.75, 3.05) is 45.4 Å². The Morgan fingerprint density at radius 2 is 1.86 bits per heavy atom. The van der Waals surface area contributed by atoms with Crippen LogP contribution >= 0.6 is 0 Å². The fourth-order valence-corrected chi connectivity index (χ4v) is 1.97. The molecule has 0 fully saturated rings. The van der Waals surface area contributed by atoms with E-state index in [1.807, 2.05) is 4.90 Å². The molecule has 0 saturated heterocycles. The SMILES string of the molecule is COCCN(CCOC)c1ccc([C@H](C)O)cc1[N+](=O)[O-]. The highest BCUT2D eigenvalue weighted by atomic mass is 16.6. The van der Waals surface area contributed by atoms with E-state index in [1.165, 1.54) is 6.07 Å². The fourth-order valence-electron chi connectivity index (χ4n) is 1.97. The first-order valence-corrected chi connectivity index (χ1v) is 6.70. The van der Waals surface area contributed by atoms with Gasteiger partial charge in [-0.3, -0.25) is 10.1 Å². The van der Waals surface area contributed by atoms with Crippen molar-refractivity contribution in [1.82, 2.24) is 0 Å². The lowest BCUT2D eigenvalue weighted by atomic mass is 10.1. The minimum Gasteiger partial charge on any atom is -0.389 e. The van der Waals surface area contributed by atoms with Crippen molar-refractivity contribution in [2.24, 2.45) is 0 Å². The van der Waals surface area contributed by atoms with Crippen molar-refractivity contribution in [3.8, 4) is 0 Å². The highest BCUT2D eigenvalue weighted by Crippen LogP contribution is 2.31. The Bertz CT molecular complexity index is 457. The minimum atomic E-state index is -0.746. The molecule has 0 aromatic heterocycles. The van der Waals surface area contributed by atoms with Gasteiger partial charge in [0.1, 0.15) is 5.69 Å². The Hall–Kier alpha value is -1.70. The van der Waals surface area contributed by atoms with Crippen LogP contribution in [0.15, 0.2) is 18.2 Å². The number of nitro groups is 1. The van der Waals surface area contributed by atoms with E-state index in [0.29, 0.717) is 37.6 Å². The van der Waals surface area contributed by atoms with Gasteiger partial charge in [0.25, 0.3) is 5.69 Å². The summed E-state index contributed by atoms with van der Waals surface area (Å²) in [6.45, 7) is 3.54. The molecule has 0 aliphatic carbocycles. The molecule has 21 heavy (non-hydrogen) atoms. The number of aliphatic hydroxyl groups excluding tert-OH is 1. The van der Waals surface area contributed by atoms with Gasteiger partial charge in [-0.1, -0.05) is 6.07 Å². The molecule has 0 saturated carbocycles. The summed E-state index contributed by atoms with van der Waals surface area (Å²) in [7, 11) is 3.17. The molecule has 7 nitrogen and oxygen atoms in total. The normalized spacial score (nSPS) is 12.2. The molecule has 0 unspecified atom stereocenters. The summed E-state index contributed by atoms with van der Waals surface area (Å²) in [5.41, 5.74) is 0.989. The lowest BCUT2D eigenvalue weighted by molar-refractivity contribution is -0.384. The van der Waals surface area contributed by atoms with Gasteiger partial charge in [-0.2, -0.15) is 0 Å². The van der Waals surface area contributed by atoms with Crippen LogP contribution in [0.5, 0.6) is 0 Å². The zero-order valence-corrected chi connectivity index (χ0v) is 12.6. The zero-order valence-electron chi connectivity index (χ0n) is 12.6. The summed E-state index contributed by atoms with van der Waals surface area (Å²) < 4.78 is 10.1. The molecule has 1 aromatic carbocycles. The Morgan fingerprint density at radius 3 is 2.29 bits per heavy atom. The van der Waals surface area contributed by atoms with E-state index in [-0.39, 0.29) is 5.69 Å². The number of nitro benzene ring substituents is 1. The van der Waals surface area contributed by atoms with Gasteiger partial charge in [-0.25, -0.2) is 0 Å². The van der Waals surface area contributed by atoms with Gasteiger partial charge in [-0.05, 0) is 18.6 Å². The van der Waals surface area contributed by atoms with E-state index < -0.39 is 11.0 Å². The first kappa shape index (κ1) is 17.4. The topological polar surface area (TPSA) is 85.1 Å². The molecule has 1 rings (SSSR count). The maximum absolute atomic E-state index is 11.3. The van der Waals surface area contributed by atoms with Gasteiger partial charge in [-0.15, -0.1) is 0 Å². The molecule has 7 heteroatoms. The zero-order chi connectivity index (χ0) is 15.8. The van der Waals surface area contributed by atoms with E-state index in [4.69, 9.17) is 9.47 Å². The van der Waals surface area contributed by atoms with Crippen LogP contribution in [0.3, 0.4) is 0 Å². The Morgan fingerprint density at radius 1 is 1.29 bits per heavy atom. The third-order valence-electron chi connectivity index (χ3n) is 3.15. The van der Waals surface area contributed by atoms with Crippen molar-refractivity contribution >= 4 is 11.4 Å². The number of hydrogen-bond donors (Lipinski definition) is 1. The molecule has 0 aliphatic heterocycles. The van der Waals surface area contributed by atoms with E-state index >= 15 is 0 Å². The van der Waals surface area contributed by atoms with Crippen molar-refractivity contribution in [1.29, 1.82) is 0 Å². The molecule has 1 aromatic rings. The summed E-state index contributed by atoms with van der Waals surface area (Å²) >= 11 is 0. The van der Waals surface area contributed by atoms with Gasteiger partial charge in [0.2, 0.25) is 0 Å². The van der Waals surface area contributed by atoms with Crippen molar-refractivity contribution < 1.29 is 19.5 Å². The predicted octanol–water partition coefficient (Wildman–Crippen LogP) is 1.75. The number of benzene rings is 1. The quantitative estimate of drug-likeness (QED) is 0.552. The number of rotatable bonds is 9. The molecule has 1 N–H and O–H groups in total. The van der Waals surface area contributed by atoms with Crippen molar-refractivity contribution in [3.05, 3.63) is 33.9 Å². The largest absolute Gasteiger partial charge is 0.389 e. The number of aliphatic hydroxyl groups is 1. The molecule has 0 heterocycles. The summed E-state index contributed by atoms with van der Waals surface area (Å²) in [6, 6.07) is 4.76. The number of ether oxygens (including phenoxy) is 2. The fraction of sp³-hybridized carbons (Fsp3) is 0.571. The summed E-state index contributed by atoms with van der Waals surface area (Å²) in [5, 5.41) is 20.8. The number of anilines is 1. The molecule has 1 atom stereocenters. The second kappa shape index (κ2) is 8.56. The van der Waals surface area contributed by atoms with Crippen LogP contribution in [0.1, 0.15) is 18.6 Å². The van der Waals surface area contributed by atoms with Crippen LogP contribution in [0.4, 0.5) is 11.4 Å². The molecule has 0 bridgehead atoms. The molecule has 0 aliphatic rings. The number of methoxy groups -OCH3 is 2. The van der Waals surface area contributed by atoms with Crippen LogP contribution in [-0.4, -0.2) is 50.6 Å². The Balaban J connectivity index is 3.12. The van der Waals surface area contributed by atoms with Crippen LogP contribution in [-0.2, 0) is 9.47 Å². The first-order valence-electron chi connectivity index (χ1n) is 6.70. The van der Waals surface area contributed by atoms with Gasteiger partial charge in [0.05, 0.1) is 24.2 Å². The van der Waals surface area contributed by atoms with E-state index in [2.05, 4.69) is 0 Å². The highest BCUT2D eigenvalue weighted by molar-refractivity contribution is 5.64. The van der Waals surface area contributed by atoms with Crippen molar-refractivity contribution in [2.45, 2.75) is 13.0 Å². The van der Waals surface area contributed by atoms with Crippen LogP contribution in [0.2, 0.25) is 0 Å².